The Labute approximate surface area is 167 Å². The van der Waals surface area contributed by atoms with Crippen molar-refractivity contribution in [1.82, 2.24) is 0 Å². The van der Waals surface area contributed by atoms with E-state index in [4.69, 9.17) is 19.3 Å². The van der Waals surface area contributed by atoms with Crippen LogP contribution in [0.3, 0.4) is 0 Å². The molecule has 150 valence electrons. The Morgan fingerprint density at radius 3 is 2.52 bits per heavy atom. The van der Waals surface area contributed by atoms with Crippen molar-refractivity contribution >= 4 is 23.6 Å². The molecule has 8 heteroatoms. The van der Waals surface area contributed by atoms with Crippen molar-refractivity contribution in [1.29, 1.82) is 5.26 Å². The van der Waals surface area contributed by atoms with Gasteiger partial charge < -0.3 is 24.6 Å². The van der Waals surface area contributed by atoms with Gasteiger partial charge in [-0.1, -0.05) is 12.1 Å². The third-order valence-electron chi connectivity index (χ3n) is 3.84. The number of amides is 1. The molecular formula is C21H20N2O6. The molecular weight excluding hydrogens is 376 g/mol. The second-order valence-corrected chi connectivity index (χ2v) is 5.86. The van der Waals surface area contributed by atoms with E-state index >= 15 is 0 Å². The molecule has 0 aromatic heterocycles. The standard InChI is InChI=1S/C21H20N2O6/c1-13(21(25)26)29-18-8-7-14(10-19(18)28-3)9-15(12-22)20(24)23-16-5-4-6-17(11-16)27-2/h4-11,13H,1-3H3,(H,23,24)(H,25,26)/b15-9-/t13-/m1/s1. The second-order valence-electron chi connectivity index (χ2n) is 5.86. The molecule has 2 aromatic rings. The number of carboxylic acid groups (broad SMARTS) is 1. The summed E-state index contributed by atoms with van der Waals surface area (Å²) in [5.74, 6) is -0.617. The van der Waals surface area contributed by atoms with Crippen LogP contribution in [-0.2, 0) is 9.59 Å². The molecule has 0 saturated carbocycles. The third kappa shape index (κ3) is 5.74. The molecule has 0 radical (unpaired) electrons. The molecule has 2 N–H and O–H groups in total. The largest absolute Gasteiger partial charge is 0.497 e. The highest BCUT2D eigenvalue weighted by molar-refractivity contribution is 6.09. The van der Waals surface area contributed by atoms with Crippen molar-refractivity contribution in [2.45, 2.75) is 13.0 Å². The van der Waals surface area contributed by atoms with Crippen LogP contribution in [0.25, 0.3) is 6.08 Å². The van der Waals surface area contributed by atoms with Gasteiger partial charge in [0.25, 0.3) is 5.91 Å². The molecule has 1 amide bonds. The summed E-state index contributed by atoms with van der Waals surface area (Å²) in [6.45, 7) is 1.40. The van der Waals surface area contributed by atoms with Crippen LogP contribution in [0, 0.1) is 11.3 Å². The number of anilines is 1. The molecule has 1 atom stereocenters. The number of hydrogen-bond donors (Lipinski definition) is 2. The number of nitrogens with zero attached hydrogens (tertiary/aromatic N) is 1. The SMILES string of the molecule is COc1cccc(NC(=O)/C(C#N)=C\c2ccc(O[C@H](C)C(=O)O)c(OC)c2)c1. The molecule has 0 aliphatic carbocycles. The van der Waals surface area contributed by atoms with Crippen LogP contribution in [0.4, 0.5) is 5.69 Å². The highest BCUT2D eigenvalue weighted by atomic mass is 16.5. The number of carboxylic acids is 1. The van der Waals surface area contributed by atoms with E-state index in [0.717, 1.165) is 0 Å². The lowest BCUT2D eigenvalue weighted by atomic mass is 10.1. The van der Waals surface area contributed by atoms with Gasteiger partial charge in [-0.25, -0.2) is 4.79 Å². The quantitative estimate of drug-likeness (QED) is 0.520. The van der Waals surface area contributed by atoms with E-state index in [0.29, 0.717) is 17.0 Å². The number of benzene rings is 2. The summed E-state index contributed by atoms with van der Waals surface area (Å²) in [7, 11) is 2.92. The van der Waals surface area contributed by atoms with Crippen molar-refractivity contribution in [2.75, 3.05) is 19.5 Å². The van der Waals surface area contributed by atoms with Gasteiger partial charge >= 0.3 is 5.97 Å². The van der Waals surface area contributed by atoms with Gasteiger partial charge in [-0.05, 0) is 42.8 Å². The first-order valence-corrected chi connectivity index (χ1v) is 8.52. The van der Waals surface area contributed by atoms with Gasteiger partial charge in [0.1, 0.15) is 17.4 Å². The lowest BCUT2D eigenvalue weighted by Crippen LogP contribution is -2.23. The summed E-state index contributed by atoms with van der Waals surface area (Å²) in [6.07, 6.45) is 0.330. The van der Waals surface area contributed by atoms with E-state index < -0.39 is 18.0 Å². The number of hydrogen-bond acceptors (Lipinski definition) is 6. The van der Waals surface area contributed by atoms with E-state index in [-0.39, 0.29) is 17.1 Å². The predicted molar refractivity (Wildman–Crippen MR) is 106 cm³/mol. The molecule has 2 aromatic carbocycles. The van der Waals surface area contributed by atoms with Crippen LogP contribution in [0.15, 0.2) is 48.0 Å². The lowest BCUT2D eigenvalue weighted by Gasteiger charge is -2.14. The average molecular weight is 396 g/mol. The highest BCUT2D eigenvalue weighted by Gasteiger charge is 2.16. The van der Waals surface area contributed by atoms with E-state index in [1.807, 2.05) is 6.07 Å². The molecule has 0 aliphatic heterocycles. The first-order valence-electron chi connectivity index (χ1n) is 8.52. The molecule has 2 rings (SSSR count). The number of nitriles is 1. The van der Waals surface area contributed by atoms with Crippen LogP contribution in [0.5, 0.6) is 17.2 Å². The fourth-order valence-electron chi connectivity index (χ4n) is 2.33. The van der Waals surface area contributed by atoms with Crippen LogP contribution >= 0.6 is 0 Å². The van der Waals surface area contributed by atoms with Gasteiger partial charge in [-0.2, -0.15) is 5.26 Å². The van der Waals surface area contributed by atoms with Crippen LogP contribution in [-0.4, -0.2) is 37.3 Å². The predicted octanol–water partition coefficient (Wildman–Crippen LogP) is 3.10. The maximum Gasteiger partial charge on any atom is 0.344 e. The summed E-state index contributed by atoms with van der Waals surface area (Å²) < 4.78 is 15.7. The zero-order valence-corrected chi connectivity index (χ0v) is 16.1. The Bertz CT molecular complexity index is 977. The zero-order valence-electron chi connectivity index (χ0n) is 16.1. The topological polar surface area (TPSA) is 118 Å². The second kappa shape index (κ2) is 9.80. The van der Waals surface area contributed by atoms with E-state index in [9.17, 15) is 14.9 Å². The molecule has 29 heavy (non-hydrogen) atoms. The summed E-state index contributed by atoms with van der Waals surface area (Å²) >= 11 is 0. The minimum Gasteiger partial charge on any atom is -0.497 e. The Morgan fingerprint density at radius 2 is 1.90 bits per heavy atom. The fraction of sp³-hybridized carbons (Fsp3) is 0.190. The highest BCUT2D eigenvalue weighted by Crippen LogP contribution is 2.30. The van der Waals surface area contributed by atoms with Gasteiger partial charge in [0.05, 0.1) is 14.2 Å². The summed E-state index contributed by atoms with van der Waals surface area (Å²) in [5.41, 5.74) is 0.872. The lowest BCUT2D eigenvalue weighted by molar-refractivity contribution is -0.144. The fourth-order valence-corrected chi connectivity index (χ4v) is 2.33. The van der Waals surface area contributed by atoms with Gasteiger partial charge in [-0.15, -0.1) is 0 Å². The zero-order chi connectivity index (χ0) is 21.4. The molecule has 0 bridgehead atoms. The first kappa shape index (κ1) is 21.3. The van der Waals surface area contributed by atoms with Crippen molar-refractivity contribution < 1.29 is 28.9 Å². The molecule has 0 spiro atoms. The van der Waals surface area contributed by atoms with Crippen molar-refractivity contribution in [3.05, 3.63) is 53.6 Å². The first-order chi connectivity index (χ1) is 13.9. The minimum absolute atomic E-state index is 0.123. The summed E-state index contributed by atoms with van der Waals surface area (Å²) in [4.78, 5) is 23.4. The number of aliphatic carboxylic acids is 1. The Kier molecular flexibility index (Phi) is 7.20. The number of ether oxygens (including phenoxy) is 3. The molecule has 8 nitrogen and oxygen atoms in total. The van der Waals surface area contributed by atoms with Gasteiger partial charge in [-0.3, -0.25) is 4.79 Å². The maximum absolute atomic E-state index is 12.4. The normalized spacial score (nSPS) is 11.7. The summed E-state index contributed by atoms with van der Waals surface area (Å²) in [6, 6.07) is 13.3. The number of methoxy groups -OCH3 is 2. The Morgan fingerprint density at radius 1 is 1.14 bits per heavy atom. The molecule has 0 fully saturated rings. The summed E-state index contributed by atoms with van der Waals surface area (Å²) in [5, 5.41) is 21.0. The maximum atomic E-state index is 12.4. The number of rotatable bonds is 8. The number of nitrogens with one attached hydrogen (secondary N) is 1. The number of carbonyl (C=O) groups excluding carboxylic acids is 1. The molecule has 0 unspecified atom stereocenters. The van der Waals surface area contributed by atoms with Crippen molar-refractivity contribution in [3.63, 3.8) is 0 Å². The molecule has 0 heterocycles. The van der Waals surface area contributed by atoms with Crippen molar-refractivity contribution in [3.8, 4) is 23.3 Å². The average Bonchev–Trinajstić information content (AvgIpc) is 2.72. The van der Waals surface area contributed by atoms with Gasteiger partial charge in [0.2, 0.25) is 0 Å². The van der Waals surface area contributed by atoms with Gasteiger partial charge in [0, 0.05) is 11.8 Å². The van der Waals surface area contributed by atoms with Crippen LogP contribution < -0.4 is 19.5 Å². The molecule has 0 aliphatic rings. The molecule has 0 saturated heterocycles. The Balaban J connectivity index is 2.24. The smallest absolute Gasteiger partial charge is 0.344 e. The van der Waals surface area contributed by atoms with Gasteiger partial charge in [0.15, 0.2) is 17.6 Å². The van der Waals surface area contributed by atoms with Crippen LogP contribution in [0.2, 0.25) is 0 Å². The van der Waals surface area contributed by atoms with E-state index in [2.05, 4.69) is 5.32 Å². The Hall–Kier alpha value is -3.99. The van der Waals surface area contributed by atoms with Crippen LogP contribution in [0.1, 0.15) is 12.5 Å². The monoisotopic (exact) mass is 396 g/mol. The van der Waals surface area contributed by atoms with E-state index in [1.165, 1.54) is 33.3 Å². The minimum atomic E-state index is -1.11. The van der Waals surface area contributed by atoms with E-state index in [1.54, 1.807) is 36.4 Å². The van der Waals surface area contributed by atoms with Crippen molar-refractivity contribution in [2.24, 2.45) is 0 Å². The number of carbonyl (C=O) groups is 2. The third-order valence-corrected chi connectivity index (χ3v) is 3.84.